The molecule has 2 N–H and O–H groups in total. The Hall–Kier alpha value is -2.20. The van der Waals surface area contributed by atoms with Gasteiger partial charge in [0.05, 0.1) is 6.10 Å². The second-order valence-electron chi connectivity index (χ2n) is 5.88. The molecule has 24 heavy (non-hydrogen) atoms. The number of halogens is 1. The molecule has 0 fully saturated rings. The summed E-state index contributed by atoms with van der Waals surface area (Å²) in [5, 5.41) is 6.83. The number of carbonyl (C=O) groups excluding carboxylic acids is 1. The summed E-state index contributed by atoms with van der Waals surface area (Å²) >= 11 is 5.93. The van der Waals surface area contributed by atoms with Gasteiger partial charge in [-0.2, -0.15) is 0 Å². The third-order valence-corrected chi connectivity index (χ3v) is 3.60. The molecule has 5 heteroatoms. The lowest BCUT2D eigenvalue weighted by molar-refractivity contribution is -0.115. The smallest absolute Gasteiger partial charge is 0.226 e. The Bertz CT molecular complexity index is 684. The number of amides is 1. The zero-order chi connectivity index (χ0) is 17.5. The zero-order valence-electron chi connectivity index (χ0n) is 14.2. The summed E-state index contributed by atoms with van der Waals surface area (Å²) < 4.78 is 5.58. The standard InChI is InChI=1S/C19H23ClN2O2/c1-13(2)24-17-7-5-16(6-8-17)22-19(23)10-11-21-18-9-4-15(20)12-14(18)3/h4-9,12-13,21H,10-11H2,1-3H3,(H,22,23). The van der Waals surface area contributed by atoms with E-state index in [-0.39, 0.29) is 12.0 Å². The number of nitrogens with one attached hydrogen (secondary N) is 2. The summed E-state index contributed by atoms with van der Waals surface area (Å²) in [4.78, 5) is 12.0. The number of ether oxygens (including phenoxy) is 1. The number of anilines is 2. The summed E-state index contributed by atoms with van der Waals surface area (Å²) in [5.74, 6) is 0.759. The second-order valence-corrected chi connectivity index (χ2v) is 6.31. The Labute approximate surface area is 148 Å². The molecule has 1 amide bonds. The van der Waals surface area contributed by atoms with E-state index < -0.39 is 0 Å². The zero-order valence-corrected chi connectivity index (χ0v) is 15.0. The first-order chi connectivity index (χ1) is 11.4. The minimum absolute atomic E-state index is 0.0355. The highest BCUT2D eigenvalue weighted by atomic mass is 35.5. The fourth-order valence-corrected chi connectivity index (χ4v) is 2.48. The van der Waals surface area contributed by atoms with Crippen molar-refractivity contribution in [2.24, 2.45) is 0 Å². The maximum Gasteiger partial charge on any atom is 0.226 e. The molecule has 0 unspecified atom stereocenters. The van der Waals surface area contributed by atoms with Crippen LogP contribution in [0.4, 0.5) is 11.4 Å². The molecule has 0 heterocycles. The molecule has 0 aliphatic heterocycles. The number of hydrogen-bond acceptors (Lipinski definition) is 3. The maximum atomic E-state index is 12.0. The molecule has 0 atom stereocenters. The van der Waals surface area contributed by atoms with Crippen molar-refractivity contribution in [3.05, 3.63) is 53.1 Å². The molecule has 0 aliphatic rings. The Morgan fingerprint density at radius 2 is 1.88 bits per heavy atom. The van der Waals surface area contributed by atoms with Crippen LogP contribution < -0.4 is 15.4 Å². The molecule has 4 nitrogen and oxygen atoms in total. The minimum Gasteiger partial charge on any atom is -0.491 e. The van der Waals surface area contributed by atoms with Crippen LogP contribution in [0.25, 0.3) is 0 Å². The average Bonchev–Trinajstić information content (AvgIpc) is 2.51. The van der Waals surface area contributed by atoms with Crippen LogP contribution in [-0.2, 0) is 4.79 Å². The largest absolute Gasteiger partial charge is 0.491 e. The van der Waals surface area contributed by atoms with Crippen LogP contribution in [0, 0.1) is 6.92 Å². The number of rotatable bonds is 7. The minimum atomic E-state index is -0.0355. The van der Waals surface area contributed by atoms with Crippen molar-refractivity contribution < 1.29 is 9.53 Å². The molecule has 0 saturated carbocycles. The highest BCUT2D eigenvalue weighted by Crippen LogP contribution is 2.20. The van der Waals surface area contributed by atoms with Crippen molar-refractivity contribution in [3.63, 3.8) is 0 Å². The van der Waals surface area contributed by atoms with E-state index >= 15 is 0 Å². The Kier molecular flexibility index (Phi) is 6.50. The molecule has 0 saturated heterocycles. The van der Waals surface area contributed by atoms with Gasteiger partial charge in [0.15, 0.2) is 0 Å². The van der Waals surface area contributed by atoms with Crippen LogP contribution in [0.1, 0.15) is 25.8 Å². The highest BCUT2D eigenvalue weighted by Gasteiger charge is 2.04. The molecule has 0 radical (unpaired) electrons. The van der Waals surface area contributed by atoms with E-state index in [0.717, 1.165) is 22.7 Å². The van der Waals surface area contributed by atoms with E-state index in [2.05, 4.69) is 10.6 Å². The number of aryl methyl sites for hydroxylation is 1. The third-order valence-electron chi connectivity index (χ3n) is 3.37. The second kappa shape index (κ2) is 8.60. The molecule has 128 valence electrons. The fourth-order valence-electron chi connectivity index (χ4n) is 2.25. The summed E-state index contributed by atoms with van der Waals surface area (Å²) in [6.45, 7) is 6.49. The molecular formula is C19H23ClN2O2. The number of hydrogen-bond donors (Lipinski definition) is 2. The predicted molar refractivity (Wildman–Crippen MR) is 100 cm³/mol. The summed E-state index contributed by atoms with van der Waals surface area (Å²) in [6.07, 6.45) is 0.514. The molecule has 0 spiro atoms. The molecule has 0 bridgehead atoms. The van der Waals surface area contributed by atoms with Crippen molar-refractivity contribution in [1.82, 2.24) is 0 Å². The van der Waals surface area contributed by atoms with Gasteiger partial charge in [-0.3, -0.25) is 4.79 Å². The monoisotopic (exact) mass is 346 g/mol. The lowest BCUT2D eigenvalue weighted by Crippen LogP contribution is -2.16. The van der Waals surface area contributed by atoms with Gasteiger partial charge in [0.1, 0.15) is 5.75 Å². The molecule has 0 aromatic heterocycles. The Morgan fingerprint density at radius 1 is 1.17 bits per heavy atom. The van der Waals surface area contributed by atoms with Crippen molar-refractivity contribution in [2.45, 2.75) is 33.3 Å². The van der Waals surface area contributed by atoms with Crippen LogP contribution >= 0.6 is 11.6 Å². The normalized spacial score (nSPS) is 10.5. The van der Waals surface area contributed by atoms with E-state index in [1.54, 1.807) is 0 Å². The van der Waals surface area contributed by atoms with E-state index in [4.69, 9.17) is 16.3 Å². The molecule has 0 aliphatic carbocycles. The Balaban J connectivity index is 1.78. The van der Waals surface area contributed by atoms with Crippen LogP contribution in [0.2, 0.25) is 5.02 Å². The van der Waals surface area contributed by atoms with Crippen molar-refractivity contribution >= 4 is 28.9 Å². The topological polar surface area (TPSA) is 50.4 Å². The van der Waals surface area contributed by atoms with Gasteiger partial charge < -0.3 is 15.4 Å². The van der Waals surface area contributed by atoms with Crippen LogP contribution in [0.5, 0.6) is 5.75 Å². The lowest BCUT2D eigenvalue weighted by Gasteiger charge is -2.11. The van der Waals surface area contributed by atoms with Crippen molar-refractivity contribution in [1.29, 1.82) is 0 Å². The first-order valence-corrected chi connectivity index (χ1v) is 8.38. The van der Waals surface area contributed by atoms with Gasteiger partial charge in [0.2, 0.25) is 5.91 Å². The van der Waals surface area contributed by atoms with Crippen molar-refractivity contribution in [2.75, 3.05) is 17.2 Å². The fraction of sp³-hybridized carbons (Fsp3) is 0.316. The van der Waals surface area contributed by atoms with E-state index in [9.17, 15) is 4.79 Å². The van der Waals surface area contributed by atoms with E-state index in [1.165, 1.54) is 0 Å². The maximum absolute atomic E-state index is 12.0. The molecular weight excluding hydrogens is 324 g/mol. The van der Waals surface area contributed by atoms with Crippen molar-refractivity contribution in [3.8, 4) is 5.75 Å². The molecule has 2 aromatic carbocycles. The van der Waals surface area contributed by atoms with Gasteiger partial charge >= 0.3 is 0 Å². The highest BCUT2D eigenvalue weighted by molar-refractivity contribution is 6.30. The quantitative estimate of drug-likeness (QED) is 0.751. The number of benzene rings is 2. The summed E-state index contributed by atoms with van der Waals surface area (Å²) in [7, 11) is 0. The summed E-state index contributed by atoms with van der Waals surface area (Å²) in [5.41, 5.74) is 2.81. The summed E-state index contributed by atoms with van der Waals surface area (Å²) in [6, 6.07) is 13.0. The first kappa shape index (κ1) is 18.1. The number of carbonyl (C=O) groups is 1. The predicted octanol–water partition coefficient (Wildman–Crippen LogP) is 4.88. The molecule has 2 rings (SSSR count). The lowest BCUT2D eigenvalue weighted by atomic mass is 10.2. The van der Waals surface area contributed by atoms with E-state index in [1.807, 2.05) is 63.2 Å². The first-order valence-electron chi connectivity index (χ1n) is 8.00. The van der Waals surface area contributed by atoms with Crippen LogP contribution in [0.15, 0.2) is 42.5 Å². The van der Waals surface area contributed by atoms with Gasteiger partial charge in [-0.1, -0.05) is 11.6 Å². The Morgan fingerprint density at radius 3 is 2.50 bits per heavy atom. The van der Waals surface area contributed by atoms with Gasteiger partial charge in [0, 0.05) is 29.4 Å². The van der Waals surface area contributed by atoms with Gasteiger partial charge in [-0.15, -0.1) is 0 Å². The van der Waals surface area contributed by atoms with Gasteiger partial charge in [-0.05, 0) is 68.8 Å². The van der Waals surface area contributed by atoms with Gasteiger partial charge in [-0.25, -0.2) is 0 Å². The third kappa shape index (κ3) is 5.78. The van der Waals surface area contributed by atoms with Crippen LogP contribution in [0.3, 0.4) is 0 Å². The SMILES string of the molecule is Cc1cc(Cl)ccc1NCCC(=O)Nc1ccc(OC(C)C)cc1. The van der Waals surface area contributed by atoms with Crippen LogP contribution in [-0.4, -0.2) is 18.6 Å². The molecule has 2 aromatic rings. The average molecular weight is 347 g/mol. The van der Waals surface area contributed by atoms with E-state index in [0.29, 0.717) is 18.0 Å². The van der Waals surface area contributed by atoms with Gasteiger partial charge in [0.25, 0.3) is 0 Å².